The molecule has 7 heteroatoms. The van der Waals surface area contributed by atoms with E-state index in [1.807, 2.05) is 32.9 Å². The van der Waals surface area contributed by atoms with Gasteiger partial charge in [-0.3, -0.25) is 0 Å². The summed E-state index contributed by atoms with van der Waals surface area (Å²) in [6, 6.07) is 15.6. The first-order valence-electron chi connectivity index (χ1n) is 8.49. The van der Waals surface area contributed by atoms with Gasteiger partial charge in [-0.25, -0.2) is 16.6 Å². The average molecular weight is 403 g/mol. The summed E-state index contributed by atoms with van der Waals surface area (Å²) in [6.07, 6.45) is 1.57. The lowest BCUT2D eigenvalue weighted by Crippen LogP contribution is -2.19. The molecule has 1 heterocycles. The van der Waals surface area contributed by atoms with Gasteiger partial charge in [-0.2, -0.15) is 4.40 Å². The first-order chi connectivity index (χ1) is 12.6. The highest BCUT2D eigenvalue weighted by Gasteiger charge is 2.21. The van der Waals surface area contributed by atoms with Crippen molar-refractivity contribution in [3.63, 3.8) is 0 Å². The van der Waals surface area contributed by atoms with Crippen LogP contribution in [0.2, 0.25) is 0 Å². The van der Waals surface area contributed by atoms with E-state index in [0.29, 0.717) is 11.2 Å². The first kappa shape index (κ1) is 19.5. The third kappa shape index (κ3) is 3.89. The van der Waals surface area contributed by atoms with Crippen LogP contribution in [0.4, 0.5) is 0 Å². The minimum absolute atomic E-state index is 0.247. The van der Waals surface area contributed by atoms with E-state index in [0.717, 1.165) is 10.9 Å². The van der Waals surface area contributed by atoms with Crippen molar-refractivity contribution >= 4 is 38.1 Å². The van der Waals surface area contributed by atoms with Crippen LogP contribution in [-0.4, -0.2) is 27.6 Å². The minimum atomic E-state index is -3.68. The fraction of sp³-hybridized carbons (Fsp3) is 0.250. The summed E-state index contributed by atoms with van der Waals surface area (Å²) in [6.45, 7) is 7.35. The Morgan fingerprint density at radius 2 is 1.70 bits per heavy atom. The molecule has 1 unspecified atom stereocenters. The van der Waals surface area contributed by atoms with Gasteiger partial charge in [0.25, 0.3) is 10.0 Å². The van der Waals surface area contributed by atoms with Gasteiger partial charge < -0.3 is 0 Å². The number of fused-ring (bicyclic) bond motifs is 1. The van der Waals surface area contributed by atoms with E-state index in [1.165, 1.54) is 3.97 Å². The minimum Gasteiger partial charge on any atom is -0.238 e. The smallest absolute Gasteiger partial charge is 0.238 e. The first-order valence-corrected chi connectivity index (χ1v) is 11.0. The Bertz CT molecular complexity index is 1140. The largest absolute Gasteiger partial charge is 0.268 e. The van der Waals surface area contributed by atoms with Crippen molar-refractivity contribution in [3.05, 3.63) is 65.9 Å². The topological polar surface area (TPSA) is 68.5 Å². The van der Waals surface area contributed by atoms with E-state index >= 15 is 0 Å². The Balaban J connectivity index is 2.05. The van der Waals surface area contributed by atoms with E-state index in [9.17, 15) is 12.6 Å². The molecule has 0 aliphatic carbocycles. The quantitative estimate of drug-likeness (QED) is 0.618. The van der Waals surface area contributed by atoms with E-state index < -0.39 is 25.8 Å². The van der Waals surface area contributed by atoms with Crippen LogP contribution >= 0.6 is 0 Å². The zero-order valence-corrected chi connectivity index (χ0v) is 17.3. The molecule has 0 saturated carbocycles. The zero-order valence-electron chi connectivity index (χ0n) is 15.7. The van der Waals surface area contributed by atoms with Crippen molar-refractivity contribution in [1.82, 2.24) is 3.97 Å². The molecule has 5 nitrogen and oxygen atoms in total. The Labute approximate surface area is 162 Å². The molecule has 0 bridgehead atoms. The van der Waals surface area contributed by atoms with Crippen LogP contribution in [-0.2, 0) is 21.0 Å². The number of nitrogens with zero attached hydrogens (tertiary/aromatic N) is 2. The van der Waals surface area contributed by atoms with Crippen LogP contribution in [0.15, 0.2) is 63.9 Å². The van der Waals surface area contributed by atoms with Crippen LogP contribution in [0.3, 0.4) is 0 Å². The lowest BCUT2D eigenvalue weighted by Gasteiger charge is -2.12. The number of aromatic nitrogens is 1. The van der Waals surface area contributed by atoms with Crippen LogP contribution in [0.5, 0.6) is 0 Å². The molecule has 1 aromatic heterocycles. The third-order valence-corrected chi connectivity index (χ3v) is 7.24. The molecule has 3 rings (SSSR count). The van der Waals surface area contributed by atoms with Gasteiger partial charge in [0.2, 0.25) is 0 Å². The van der Waals surface area contributed by atoms with Gasteiger partial charge in [0.05, 0.1) is 15.2 Å². The van der Waals surface area contributed by atoms with Gasteiger partial charge in [-0.1, -0.05) is 24.3 Å². The van der Waals surface area contributed by atoms with Crippen LogP contribution < -0.4 is 0 Å². The lowest BCUT2D eigenvalue weighted by molar-refractivity contribution is 0.588. The number of hydrogen-bond acceptors (Lipinski definition) is 3. The second-order valence-corrected chi connectivity index (χ2v) is 11.0. The Hall–Kier alpha value is -2.25. The molecular weight excluding hydrogens is 380 g/mol. The molecular formula is C20H22N2O3S2. The molecule has 2 aromatic carbocycles. The summed E-state index contributed by atoms with van der Waals surface area (Å²) >= 11 is 0. The van der Waals surface area contributed by atoms with Crippen LogP contribution in [0.1, 0.15) is 32.0 Å². The predicted octanol–water partition coefficient (Wildman–Crippen LogP) is 4.07. The molecule has 0 aliphatic rings. The van der Waals surface area contributed by atoms with E-state index in [2.05, 4.69) is 4.40 Å². The Morgan fingerprint density at radius 1 is 1.04 bits per heavy atom. The van der Waals surface area contributed by atoms with E-state index in [1.54, 1.807) is 55.6 Å². The normalized spacial score (nSPS) is 14.1. The molecule has 0 fully saturated rings. The third-order valence-electron chi connectivity index (χ3n) is 4.06. The molecule has 27 heavy (non-hydrogen) atoms. The number of aryl methyl sites for hydroxylation is 1. The predicted molar refractivity (Wildman–Crippen MR) is 111 cm³/mol. The number of benzene rings is 2. The maximum absolute atomic E-state index is 13.0. The summed E-state index contributed by atoms with van der Waals surface area (Å²) in [5.74, 6) is 0. The van der Waals surface area contributed by atoms with Crippen LogP contribution in [0.25, 0.3) is 10.9 Å². The Morgan fingerprint density at radius 3 is 2.33 bits per heavy atom. The van der Waals surface area contributed by atoms with E-state index in [-0.39, 0.29) is 4.90 Å². The molecule has 0 aliphatic heterocycles. The second kappa shape index (κ2) is 7.05. The van der Waals surface area contributed by atoms with Gasteiger partial charge in [0, 0.05) is 17.3 Å². The molecule has 1 atom stereocenters. The Kier molecular flexibility index (Phi) is 5.10. The maximum Gasteiger partial charge on any atom is 0.268 e. The standard InChI is InChI=1S/C20H22N2O3S2/c1-15-12-17-13-16(14-21-26(23)20(2,3)4)10-11-19(17)22(15)27(24,25)18-8-6-5-7-9-18/h5-14H,1-4H3. The molecule has 142 valence electrons. The van der Waals surface area contributed by atoms with Crippen molar-refractivity contribution < 1.29 is 12.6 Å². The number of hydrogen-bond donors (Lipinski definition) is 0. The van der Waals surface area contributed by atoms with Crippen LogP contribution in [0, 0.1) is 6.92 Å². The van der Waals surface area contributed by atoms with Crippen molar-refractivity contribution in [2.75, 3.05) is 0 Å². The lowest BCUT2D eigenvalue weighted by atomic mass is 10.2. The molecule has 0 radical (unpaired) electrons. The van der Waals surface area contributed by atoms with Gasteiger partial charge in [0.15, 0.2) is 0 Å². The highest BCUT2D eigenvalue weighted by atomic mass is 32.2. The van der Waals surface area contributed by atoms with Gasteiger partial charge in [0.1, 0.15) is 11.0 Å². The summed E-state index contributed by atoms with van der Waals surface area (Å²) in [4.78, 5) is 0.247. The summed E-state index contributed by atoms with van der Waals surface area (Å²) in [7, 11) is -5.02. The molecule has 3 aromatic rings. The molecule has 0 spiro atoms. The number of rotatable bonds is 4. The summed E-state index contributed by atoms with van der Waals surface area (Å²) in [5, 5.41) is 0.789. The fourth-order valence-electron chi connectivity index (χ4n) is 2.71. The highest BCUT2D eigenvalue weighted by Crippen LogP contribution is 2.26. The summed E-state index contributed by atoms with van der Waals surface area (Å²) < 4.78 is 43.2. The SMILES string of the molecule is Cc1cc2cc(C=NS(=O)C(C)(C)C)ccc2n1S(=O)(=O)c1ccccc1. The van der Waals surface area contributed by atoms with Crippen molar-refractivity contribution in [2.24, 2.45) is 4.40 Å². The van der Waals surface area contributed by atoms with E-state index in [4.69, 9.17) is 0 Å². The second-order valence-electron chi connectivity index (χ2n) is 7.28. The zero-order chi connectivity index (χ0) is 19.8. The van der Waals surface area contributed by atoms with Gasteiger partial charge in [-0.15, -0.1) is 0 Å². The molecule has 0 amide bonds. The van der Waals surface area contributed by atoms with Crippen molar-refractivity contribution in [2.45, 2.75) is 37.3 Å². The highest BCUT2D eigenvalue weighted by molar-refractivity contribution is 7.90. The van der Waals surface area contributed by atoms with Crippen molar-refractivity contribution in [3.8, 4) is 0 Å². The van der Waals surface area contributed by atoms with Gasteiger partial charge in [-0.05, 0) is 63.6 Å². The monoisotopic (exact) mass is 402 g/mol. The molecule has 0 N–H and O–H groups in total. The van der Waals surface area contributed by atoms with Gasteiger partial charge >= 0.3 is 0 Å². The maximum atomic E-state index is 13.0. The molecule has 0 saturated heterocycles. The fourth-order valence-corrected chi connectivity index (χ4v) is 4.81. The average Bonchev–Trinajstić information content (AvgIpc) is 2.95. The van der Waals surface area contributed by atoms with Crippen molar-refractivity contribution in [1.29, 1.82) is 0 Å². The summed E-state index contributed by atoms with van der Waals surface area (Å²) in [5.41, 5.74) is 2.00.